The van der Waals surface area contributed by atoms with Gasteiger partial charge in [-0.1, -0.05) is 28.0 Å². The summed E-state index contributed by atoms with van der Waals surface area (Å²) < 4.78 is 0. The van der Waals surface area contributed by atoms with Crippen molar-refractivity contribution < 1.29 is 29.4 Å². The number of hydrogen-bond acceptors (Lipinski definition) is 6. The fraction of sp³-hybridized carbons (Fsp3) is 0.765. The second-order valence-electron chi connectivity index (χ2n) is 6.50. The van der Waals surface area contributed by atoms with Gasteiger partial charge in [0.15, 0.2) is 5.78 Å². The first-order valence-corrected chi connectivity index (χ1v) is 11.2. The molecule has 0 aromatic rings. The molecule has 0 saturated carbocycles. The molecule has 26 heavy (non-hydrogen) atoms. The molecule has 1 heterocycles. The Morgan fingerprint density at radius 2 is 1.88 bits per heavy atom. The van der Waals surface area contributed by atoms with Crippen LogP contribution in [0.3, 0.4) is 0 Å². The highest BCUT2D eigenvalue weighted by molar-refractivity contribution is 8.77. The molecule has 3 N–H and O–H groups in total. The molecule has 1 aliphatic rings. The van der Waals surface area contributed by atoms with Crippen LogP contribution in [-0.2, 0) is 19.2 Å². The Morgan fingerprint density at radius 1 is 1.15 bits per heavy atom. The van der Waals surface area contributed by atoms with Crippen LogP contribution in [0.4, 0.5) is 0 Å². The highest BCUT2D eigenvalue weighted by atomic mass is 33.1. The zero-order chi connectivity index (χ0) is 19.5. The minimum atomic E-state index is -1.19. The molecule has 0 aliphatic carbocycles. The van der Waals surface area contributed by atoms with Crippen LogP contribution in [0.2, 0.25) is 0 Å². The smallest absolute Gasteiger partial charge is 0.306 e. The van der Waals surface area contributed by atoms with Crippen molar-refractivity contribution in [2.24, 2.45) is 5.92 Å². The van der Waals surface area contributed by atoms with Crippen molar-refractivity contribution in [3.05, 3.63) is 0 Å². The lowest BCUT2D eigenvalue weighted by Crippen LogP contribution is -2.39. The van der Waals surface area contributed by atoms with E-state index in [9.17, 15) is 19.2 Å². The second kappa shape index (κ2) is 12.2. The Kier molecular flexibility index (Phi) is 10.7. The van der Waals surface area contributed by atoms with Crippen molar-refractivity contribution in [3.8, 4) is 0 Å². The molecule has 0 bridgehead atoms. The molecular weight excluding hydrogens is 378 g/mol. The number of carboxylic acid groups (broad SMARTS) is 2. The van der Waals surface area contributed by atoms with E-state index in [1.807, 2.05) is 21.6 Å². The molecule has 0 aromatic carbocycles. The van der Waals surface area contributed by atoms with Crippen molar-refractivity contribution in [3.63, 3.8) is 0 Å². The summed E-state index contributed by atoms with van der Waals surface area (Å²) in [5, 5.41) is 21.0. The van der Waals surface area contributed by atoms with Gasteiger partial charge in [-0.15, -0.1) is 0 Å². The summed E-state index contributed by atoms with van der Waals surface area (Å²) >= 11 is 0. The Bertz CT molecular complexity index is 507. The lowest BCUT2D eigenvalue weighted by Gasteiger charge is -2.16. The monoisotopic (exact) mass is 405 g/mol. The maximum atomic E-state index is 12.1. The maximum absolute atomic E-state index is 12.1. The number of carbonyl (C=O) groups is 4. The number of Topliss-reactive ketones (excluding diaryl/α,β-unsaturated/α-hetero) is 1. The van der Waals surface area contributed by atoms with Gasteiger partial charge < -0.3 is 15.5 Å². The number of carbonyl (C=O) groups excluding carboxylic acids is 2. The largest absolute Gasteiger partial charge is 0.481 e. The van der Waals surface area contributed by atoms with E-state index in [-0.39, 0.29) is 25.2 Å². The van der Waals surface area contributed by atoms with Crippen LogP contribution in [-0.4, -0.2) is 50.9 Å². The maximum Gasteiger partial charge on any atom is 0.306 e. The third kappa shape index (κ3) is 9.47. The molecule has 148 valence electrons. The number of aliphatic carboxylic acids is 2. The molecular formula is C17H27NO6S2. The fourth-order valence-electron chi connectivity index (χ4n) is 2.65. The Hall–Kier alpha value is -1.22. The molecule has 7 nitrogen and oxygen atoms in total. The van der Waals surface area contributed by atoms with Gasteiger partial charge in [0.1, 0.15) is 0 Å². The average molecular weight is 406 g/mol. The van der Waals surface area contributed by atoms with E-state index >= 15 is 0 Å². The zero-order valence-corrected chi connectivity index (χ0v) is 16.6. The molecule has 0 unspecified atom stereocenters. The van der Waals surface area contributed by atoms with Gasteiger partial charge in [-0.2, -0.15) is 0 Å². The van der Waals surface area contributed by atoms with E-state index in [2.05, 4.69) is 5.32 Å². The van der Waals surface area contributed by atoms with Crippen LogP contribution in [0.1, 0.15) is 58.3 Å². The number of carboxylic acids is 2. The summed E-state index contributed by atoms with van der Waals surface area (Å²) in [6.45, 7) is 1.53. The molecule has 0 radical (unpaired) electrons. The molecule has 1 amide bonds. The minimum Gasteiger partial charge on any atom is -0.481 e. The SMILES string of the molecule is C[C@H](NC(=O)CCCC[C@@H]1CCSS1)C(=O)C[C@@H](CCC(=O)O)C(=O)O. The highest BCUT2D eigenvalue weighted by Crippen LogP contribution is 2.39. The lowest BCUT2D eigenvalue weighted by atomic mass is 9.94. The first-order chi connectivity index (χ1) is 12.3. The van der Waals surface area contributed by atoms with Crippen molar-refractivity contribution in [2.45, 2.75) is 69.6 Å². The summed E-state index contributed by atoms with van der Waals surface area (Å²) in [4.78, 5) is 45.7. The minimum absolute atomic E-state index is 0.103. The van der Waals surface area contributed by atoms with Crippen molar-refractivity contribution in [2.75, 3.05) is 5.75 Å². The first kappa shape index (κ1) is 22.8. The van der Waals surface area contributed by atoms with E-state index in [0.717, 1.165) is 19.3 Å². The Morgan fingerprint density at radius 3 is 2.46 bits per heavy atom. The van der Waals surface area contributed by atoms with Crippen LogP contribution in [0, 0.1) is 5.92 Å². The predicted molar refractivity (Wildman–Crippen MR) is 102 cm³/mol. The normalized spacial score (nSPS) is 18.9. The topological polar surface area (TPSA) is 121 Å². The van der Waals surface area contributed by atoms with Crippen LogP contribution >= 0.6 is 21.6 Å². The van der Waals surface area contributed by atoms with E-state index in [1.165, 1.54) is 19.1 Å². The van der Waals surface area contributed by atoms with Crippen LogP contribution in [0.5, 0.6) is 0 Å². The number of unbranched alkanes of at least 4 members (excludes halogenated alkanes) is 1. The number of ketones is 1. The molecule has 1 aliphatic heterocycles. The fourth-order valence-corrected chi connectivity index (χ4v) is 5.67. The summed E-state index contributed by atoms with van der Waals surface area (Å²) in [6, 6.07) is -0.768. The van der Waals surface area contributed by atoms with Gasteiger partial charge in [0.2, 0.25) is 5.91 Å². The molecule has 0 spiro atoms. The van der Waals surface area contributed by atoms with E-state index < -0.39 is 29.7 Å². The average Bonchev–Trinajstić information content (AvgIpc) is 3.08. The summed E-state index contributed by atoms with van der Waals surface area (Å²) in [5.74, 6) is -2.74. The van der Waals surface area contributed by atoms with Crippen LogP contribution in [0.25, 0.3) is 0 Å². The van der Waals surface area contributed by atoms with Gasteiger partial charge in [0, 0.05) is 30.3 Å². The van der Waals surface area contributed by atoms with Crippen molar-refractivity contribution in [1.29, 1.82) is 0 Å². The van der Waals surface area contributed by atoms with Gasteiger partial charge in [-0.3, -0.25) is 19.2 Å². The molecule has 1 rings (SSSR count). The van der Waals surface area contributed by atoms with Gasteiger partial charge in [0.05, 0.1) is 12.0 Å². The van der Waals surface area contributed by atoms with Crippen LogP contribution in [0.15, 0.2) is 0 Å². The first-order valence-electron chi connectivity index (χ1n) is 8.84. The Balaban J connectivity index is 2.26. The summed E-state index contributed by atoms with van der Waals surface area (Å²) in [7, 11) is 3.81. The van der Waals surface area contributed by atoms with Crippen molar-refractivity contribution >= 4 is 45.2 Å². The molecule has 1 fully saturated rings. The molecule has 3 atom stereocenters. The quantitative estimate of drug-likeness (QED) is 0.316. The third-order valence-electron chi connectivity index (χ3n) is 4.27. The number of amides is 1. The number of rotatable bonds is 13. The van der Waals surface area contributed by atoms with E-state index in [4.69, 9.17) is 10.2 Å². The third-order valence-corrected chi connectivity index (χ3v) is 7.28. The van der Waals surface area contributed by atoms with Crippen molar-refractivity contribution in [1.82, 2.24) is 5.32 Å². The zero-order valence-electron chi connectivity index (χ0n) is 14.9. The van der Waals surface area contributed by atoms with E-state index in [1.54, 1.807) is 0 Å². The molecule has 0 aromatic heterocycles. The molecule has 9 heteroatoms. The second-order valence-corrected chi connectivity index (χ2v) is 9.29. The summed E-state index contributed by atoms with van der Waals surface area (Å²) in [6.07, 6.45) is 3.74. The predicted octanol–water partition coefficient (Wildman–Crippen LogP) is 2.73. The van der Waals surface area contributed by atoms with Gasteiger partial charge in [-0.05, 0) is 32.6 Å². The van der Waals surface area contributed by atoms with Crippen LogP contribution < -0.4 is 5.32 Å². The summed E-state index contributed by atoms with van der Waals surface area (Å²) in [5.41, 5.74) is 0. The standard InChI is InChI=1S/C17H27NO6S2/c1-11(14(19)10-12(17(23)24)6-7-16(21)22)18-15(20)5-3-2-4-13-8-9-25-26-13/h11-13H,2-10H2,1H3,(H,18,20)(H,21,22)(H,23,24)/t11-,12+,13+/m0/s1. The lowest BCUT2D eigenvalue weighted by molar-refractivity contribution is -0.145. The van der Waals surface area contributed by atoms with Gasteiger partial charge in [-0.25, -0.2) is 0 Å². The molecule has 1 saturated heterocycles. The van der Waals surface area contributed by atoms with Gasteiger partial charge in [0.25, 0.3) is 0 Å². The van der Waals surface area contributed by atoms with Gasteiger partial charge >= 0.3 is 11.9 Å². The Labute approximate surface area is 161 Å². The number of hydrogen-bond donors (Lipinski definition) is 3. The van der Waals surface area contributed by atoms with E-state index in [0.29, 0.717) is 11.7 Å². The number of nitrogens with one attached hydrogen (secondary N) is 1. The highest BCUT2D eigenvalue weighted by Gasteiger charge is 2.25.